The fourth-order valence-electron chi connectivity index (χ4n) is 4.21. The highest BCUT2D eigenvalue weighted by molar-refractivity contribution is 7.91. The molecule has 5 rings (SSSR count). The minimum absolute atomic E-state index is 0.145. The fourth-order valence-corrected chi connectivity index (χ4v) is 5.41. The van der Waals surface area contributed by atoms with Gasteiger partial charge in [0, 0.05) is 32.1 Å². The molecule has 2 fully saturated rings. The summed E-state index contributed by atoms with van der Waals surface area (Å²) in [6, 6.07) is 4.36. The molecule has 0 amide bonds. The summed E-state index contributed by atoms with van der Waals surface area (Å²) in [7, 11) is -2.96. The lowest BCUT2D eigenvalue weighted by atomic mass is 9.92. The van der Waals surface area contributed by atoms with Crippen LogP contribution in [0.15, 0.2) is 18.5 Å². The first-order valence-corrected chi connectivity index (χ1v) is 11.8. The van der Waals surface area contributed by atoms with Crippen molar-refractivity contribution in [2.24, 2.45) is 0 Å². The van der Waals surface area contributed by atoms with Crippen LogP contribution in [-0.2, 0) is 9.84 Å². The Morgan fingerprint density at radius 3 is 2.62 bits per heavy atom. The number of benzene rings is 1. The predicted molar refractivity (Wildman–Crippen MR) is 112 cm³/mol. The quantitative estimate of drug-likeness (QED) is 0.768. The maximum Gasteiger partial charge on any atom is 0.153 e. The van der Waals surface area contributed by atoms with E-state index < -0.39 is 9.84 Å². The number of sulfone groups is 1. The van der Waals surface area contributed by atoms with Crippen LogP contribution in [0.2, 0.25) is 0 Å². The van der Waals surface area contributed by atoms with Crippen LogP contribution in [0.4, 0.5) is 17.3 Å². The largest absolute Gasteiger partial charge is 0.483 e. The topological polar surface area (TPSA) is 96.4 Å². The van der Waals surface area contributed by atoms with E-state index in [9.17, 15) is 8.42 Å². The first-order chi connectivity index (χ1) is 13.9. The van der Waals surface area contributed by atoms with Crippen molar-refractivity contribution in [3.8, 4) is 5.75 Å². The van der Waals surface area contributed by atoms with E-state index in [1.807, 2.05) is 11.8 Å². The minimum Gasteiger partial charge on any atom is -0.483 e. The number of rotatable bonds is 2. The van der Waals surface area contributed by atoms with Crippen LogP contribution in [0.1, 0.15) is 35.6 Å². The average Bonchev–Trinajstić information content (AvgIpc) is 2.77. The third kappa shape index (κ3) is 3.32. The van der Waals surface area contributed by atoms with Crippen molar-refractivity contribution in [2.45, 2.75) is 25.9 Å². The standard InChI is InChI=1S/C20H25N5O3S/c1-12-7-14(15-9-21-10-15)8-16-18(12)28-13(2)17-19(24-16)22-11-23-20(17)25-3-5-29(26,27)6-4-25/h7-8,11,13,15,21H,3-6,9-10H2,1-2H3,(H,22,23,24). The number of hydrogen-bond donors (Lipinski definition) is 2. The first-order valence-electron chi connectivity index (χ1n) is 10.0. The highest BCUT2D eigenvalue weighted by Crippen LogP contribution is 2.44. The second-order valence-electron chi connectivity index (χ2n) is 8.05. The van der Waals surface area contributed by atoms with Gasteiger partial charge in [0.15, 0.2) is 9.84 Å². The lowest BCUT2D eigenvalue weighted by Gasteiger charge is -2.30. The number of ether oxygens (including phenoxy) is 1. The van der Waals surface area contributed by atoms with Crippen LogP contribution in [0, 0.1) is 6.92 Å². The molecule has 9 heteroatoms. The molecule has 0 saturated carbocycles. The first kappa shape index (κ1) is 18.6. The van der Waals surface area contributed by atoms with Crippen molar-refractivity contribution >= 4 is 27.2 Å². The van der Waals surface area contributed by atoms with Crippen molar-refractivity contribution in [3.05, 3.63) is 35.2 Å². The molecule has 2 saturated heterocycles. The van der Waals surface area contributed by atoms with Gasteiger partial charge in [-0.2, -0.15) is 0 Å². The Morgan fingerprint density at radius 2 is 1.93 bits per heavy atom. The Kier molecular flexibility index (Phi) is 4.40. The Hall–Kier alpha value is -2.39. The molecular weight excluding hydrogens is 390 g/mol. The molecule has 29 heavy (non-hydrogen) atoms. The van der Waals surface area contributed by atoms with E-state index in [0.717, 1.165) is 47.3 Å². The Labute approximate surface area is 170 Å². The van der Waals surface area contributed by atoms with E-state index in [-0.39, 0.29) is 17.6 Å². The smallest absolute Gasteiger partial charge is 0.153 e. The number of nitrogens with zero attached hydrogens (tertiary/aromatic N) is 3. The van der Waals surface area contributed by atoms with Crippen LogP contribution in [0.25, 0.3) is 0 Å². The molecule has 1 aromatic heterocycles. The van der Waals surface area contributed by atoms with Crippen LogP contribution in [0.5, 0.6) is 5.75 Å². The third-order valence-electron chi connectivity index (χ3n) is 6.01. The summed E-state index contributed by atoms with van der Waals surface area (Å²) in [6.45, 7) is 6.92. The monoisotopic (exact) mass is 415 g/mol. The molecule has 2 N–H and O–H groups in total. The van der Waals surface area contributed by atoms with Crippen LogP contribution in [-0.4, -0.2) is 56.1 Å². The number of anilines is 3. The molecule has 3 aliphatic heterocycles. The maximum atomic E-state index is 11.8. The van der Waals surface area contributed by atoms with Gasteiger partial charge in [-0.25, -0.2) is 18.4 Å². The van der Waals surface area contributed by atoms with E-state index in [1.165, 1.54) is 11.9 Å². The lowest BCUT2D eigenvalue weighted by molar-refractivity contribution is 0.229. The number of hydrogen-bond acceptors (Lipinski definition) is 8. The zero-order valence-corrected chi connectivity index (χ0v) is 17.4. The van der Waals surface area contributed by atoms with Gasteiger partial charge in [-0.3, -0.25) is 0 Å². The Morgan fingerprint density at radius 1 is 1.17 bits per heavy atom. The van der Waals surface area contributed by atoms with Crippen molar-refractivity contribution in [2.75, 3.05) is 47.9 Å². The van der Waals surface area contributed by atoms with E-state index in [0.29, 0.717) is 19.0 Å². The van der Waals surface area contributed by atoms with Gasteiger partial charge in [-0.1, -0.05) is 6.07 Å². The van der Waals surface area contributed by atoms with Gasteiger partial charge in [0.1, 0.15) is 29.8 Å². The summed E-state index contributed by atoms with van der Waals surface area (Å²) in [5, 5.41) is 6.80. The molecule has 2 aromatic rings. The Bertz CT molecular complexity index is 1050. The molecule has 0 aliphatic carbocycles. The zero-order chi connectivity index (χ0) is 20.2. The van der Waals surface area contributed by atoms with Crippen LogP contribution < -0.4 is 20.3 Å². The van der Waals surface area contributed by atoms with Gasteiger partial charge < -0.3 is 20.3 Å². The molecule has 1 atom stereocenters. The number of nitrogens with one attached hydrogen (secondary N) is 2. The highest BCUT2D eigenvalue weighted by atomic mass is 32.2. The number of aromatic nitrogens is 2. The summed E-state index contributed by atoms with van der Waals surface area (Å²) in [5.74, 6) is 3.12. The van der Waals surface area contributed by atoms with E-state index in [1.54, 1.807) is 0 Å². The second-order valence-corrected chi connectivity index (χ2v) is 10.4. The van der Waals surface area contributed by atoms with Crippen molar-refractivity contribution < 1.29 is 13.2 Å². The normalized spacial score (nSPS) is 23.1. The summed E-state index contributed by atoms with van der Waals surface area (Å²) >= 11 is 0. The van der Waals surface area contributed by atoms with Gasteiger partial charge in [0.05, 0.1) is 22.8 Å². The summed E-state index contributed by atoms with van der Waals surface area (Å²) in [6.07, 6.45) is 1.28. The number of fused-ring (bicyclic) bond motifs is 2. The van der Waals surface area contributed by atoms with Gasteiger partial charge in [-0.05, 0) is 31.0 Å². The van der Waals surface area contributed by atoms with Gasteiger partial charge in [0.2, 0.25) is 0 Å². The van der Waals surface area contributed by atoms with Crippen LogP contribution in [0.3, 0.4) is 0 Å². The van der Waals surface area contributed by atoms with Crippen LogP contribution >= 0.6 is 0 Å². The fraction of sp³-hybridized carbons (Fsp3) is 0.500. The highest BCUT2D eigenvalue weighted by Gasteiger charge is 2.31. The number of aryl methyl sites for hydroxylation is 1. The zero-order valence-electron chi connectivity index (χ0n) is 16.6. The molecule has 0 radical (unpaired) electrons. The van der Waals surface area contributed by atoms with E-state index >= 15 is 0 Å². The maximum absolute atomic E-state index is 11.8. The third-order valence-corrected chi connectivity index (χ3v) is 7.62. The van der Waals surface area contributed by atoms with E-state index in [4.69, 9.17) is 4.74 Å². The molecule has 0 bridgehead atoms. The Balaban J connectivity index is 1.53. The summed E-state index contributed by atoms with van der Waals surface area (Å²) in [4.78, 5) is 11.0. The second kappa shape index (κ2) is 6.84. The summed E-state index contributed by atoms with van der Waals surface area (Å²) in [5.41, 5.74) is 4.18. The van der Waals surface area contributed by atoms with Crippen molar-refractivity contribution in [3.63, 3.8) is 0 Å². The SMILES string of the molecule is Cc1cc(C2CNC2)cc2c1OC(C)c1c(ncnc1N1CCS(=O)(=O)CC1)N2. The van der Waals surface area contributed by atoms with Gasteiger partial charge >= 0.3 is 0 Å². The molecular formula is C20H25N5O3S. The van der Waals surface area contributed by atoms with E-state index in [2.05, 4.69) is 39.7 Å². The van der Waals surface area contributed by atoms with Gasteiger partial charge in [0.25, 0.3) is 0 Å². The van der Waals surface area contributed by atoms with Crippen molar-refractivity contribution in [1.82, 2.24) is 15.3 Å². The van der Waals surface area contributed by atoms with Gasteiger partial charge in [-0.15, -0.1) is 0 Å². The molecule has 0 spiro atoms. The molecule has 3 aliphatic rings. The lowest BCUT2D eigenvalue weighted by Crippen LogP contribution is -2.41. The molecule has 4 heterocycles. The average molecular weight is 416 g/mol. The van der Waals surface area contributed by atoms with Crippen molar-refractivity contribution in [1.29, 1.82) is 0 Å². The molecule has 8 nitrogen and oxygen atoms in total. The molecule has 154 valence electrons. The molecule has 1 unspecified atom stereocenters. The molecule has 1 aromatic carbocycles. The minimum atomic E-state index is -2.96. The predicted octanol–water partition coefficient (Wildman–Crippen LogP) is 1.90. The summed E-state index contributed by atoms with van der Waals surface area (Å²) < 4.78 is 30.0.